The van der Waals surface area contributed by atoms with Gasteiger partial charge in [-0.15, -0.1) is 0 Å². The minimum atomic E-state index is -3.98. The van der Waals surface area contributed by atoms with Gasteiger partial charge in [0.2, 0.25) is 0 Å². The van der Waals surface area contributed by atoms with Crippen LogP contribution in [0.15, 0.2) is 52.0 Å². The molecule has 1 heterocycles. The minimum Gasteiger partial charge on any atom is -0.468 e. The third-order valence-electron chi connectivity index (χ3n) is 3.94. The van der Waals surface area contributed by atoms with Crippen LogP contribution in [0.2, 0.25) is 0 Å². The Kier molecular flexibility index (Phi) is 5.08. The van der Waals surface area contributed by atoms with E-state index in [4.69, 9.17) is 4.42 Å². The third-order valence-corrected chi connectivity index (χ3v) is 6.02. The Balaban J connectivity index is 1.78. The number of hydrogen-bond donors (Lipinski definition) is 2. The Morgan fingerprint density at radius 1 is 1.15 bits per heavy atom. The van der Waals surface area contributed by atoms with Gasteiger partial charge in [-0.05, 0) is 49.2 Å². The van der Waals surface area contributed by atoms with Crippen molar-refractivity contribution in [1.29, 1.82) is 0 Å². The highest BCUT2D eigenvalue weighted by atomic mass is 32.2. The molecule has 0 saturated heterocycles. The Morgan fingerprint density at radius 2 is 1.85 bits per heavy atom. The number of rotatable bonds is 6. The van der Waals surface area contributed by atoms with Crippen molar-refractivity contribution in [2.75, 3.05) is 6.54 Å². The largest absolute Gasteiger partial charge is 0.468 e. The van der Waals surface area contributed by atoms with Crippen molar-refractivity contribution < 1.29 is 26.8 Å². The second-order valence-corrected chi connectivity index (χ2v) is 8.09. The van der Waals surface area contributed by atoms with Crippen molar-refractivity contribution in [2.45, 2.75) is 29.0 Å². The maximum atomic E-state index is 13.1. The topological polar surface area (TPSA) is 105 Å². The van der Waals surface area contributed by atoms with Crippen LogP contribution in [0, 0.1) is 5.82 Å². The van der Waals surface area contributed by atoms with Gasteiger partial charge in [-0.3, -0.25) is 9.59 Å². The molecule has 1 atom stereocenters. The van der Waals surface area contributed by atoms with E-state index in [9.17, 15) is 22.4 Å². The number of benzene rings is 1. The number of furan rings is 1. The van der Waals surface area contributed by atoms with Gasteiger partial charge in [-0.25, -0.2) is 12.8 Å². The average Bonchev–Trinajstić information content (AvgIpc) is 3.26. The molecular weight excluding hydrogens is 363 g/mol. The van der Waals surface area contributed by atoms with Crippen molar-refractivity contribution >= 4 is 21.7 Å². The molecule has 1 aromatic heterocycles. The van der Waals surface area contributed by atoms with Gasteiger partial charge < -0.3 is 15.1 Å². The molecule has 0 spiro atoms. The van der Waals surface area contributed by atoms with Crippen LogP contribution in [-0.4, -0.2) is 32.8 Å². The van der Waals surface area contributed by atoms with Crippen molar-refractivity contribution in [3.63, 3.8) is 0 Å². The zero-order valence-electron chi connectivity index (χ0n) is 13.6. The molecule has 0 radical (unpaired) electrons. The lowest BCUT2D eigenvalue weighted by Gasteiger charge is -2.16. The Labute approximate surface area is 149 Å². The Hall–Kier alpha value is -2.68. The van der Waals surface area contributed by atoms with Crippen LogP contribution in [0.4, 0.5) is 4.39 Å². The fourth-order valence-corrected chi connectivity index (χ4v) is 3.96. The lowest BCUT2D eigenvalue weighted by atomic mass is 10.3. The minimum absolute atomic E-state index is 0.0112. The maximum absolute atomic E-state index is 13.1. The van der Waals surface area contributed by atoms with Crippen LogP contribution in [0.1, 0.15) is 23.9 Å². The monoisotopic (exact) mass is 380 g/mol. The Bertz CT molecular complexity index is 890. The highest BCUT2D eigenvalue weighted by Gasteiger charge is 2.33. The van der Waals surface area contributed by atoms with E-state index in [2.05, 4.69) is 10.6 Å². The standard InChI is InChI=1S/C17H17FN2O5S/c18-11-3-7-13(8-4-11)26(23,24)15(14-2-1-9-25-14)10-19-16(21)17(22)20-12-5-6-12/h1-4,7-9,12,15H,5-6,10H2,(H,19,21)(H,20,22). The van der Waals surface area contributed by atoms with Crippen molar-refractivity contribution in [1.82, 2.24) is 10.6 Å². The summed E-state index contributed by atoms with van der Waals surface area (Å²) in [5.74, 6) is -2.17. The zero-order chi connectivity index (χ0) is 18.7. The summed E-state index contributed by atoms with van der Waals surface area (Å²) in [6, 6.07) is 7.34. The summed E-state index contributed by atoms with van der Waals surface area (Å²) in [7, 11) is -3.98. The van der Waals surface area contributed by atoms with E-state index < -0.39 is 32.7 Å². The van der Waals surface area contributed by atoms with Gasteiger partial charge >= 0.3 is 11.8 Å². The van der Waals surface area contributed by atoms with Gasteiger partial charge in [-0.2, -0.15) is 0 Å². The molecule has 7 nitrogen and oxygen atoms in total. The molecule has 138 valence electrons. The first-order chi connectivity index (χ1) is 12.4. The lowest BCUT2D eigenvalue weighted by molar-refractivity contribution is -0.139. The molecule has 2 aromatic rings. The van der Waals surface area contributed by atoms with Crippen LogP contribution in [0.5, 0.6) is 0 Å². The number of sulfone groups is 1. The molecule has 0 aliphatic heterocycles. The molecule has 9 heteroatoms. The maximum Gasteiger partial charge on any atom is 0.309 e. The van der Waals surface area contributed by atoms with Gasteiger partial charge in [0.1, 0.15) is 16.8 Å². The molecular formula is C17H17FN2O5S. The molecule has 0 bridgehead atoms. The second-order valence-electron chi connectivity index (χ2n) is 5.96. The van der Waals surface area contributed by atoms with Crippen LogP contribution in [-0.2, 0) is 19.4 Å². The predicted molar refractivity (Wildman–Crippen MR) is 89.2 cm³/mol. The first-order valence-electron chi connectivity index (χ1n) is 7.99. The molecule has 1 saturated carbocycles. The van der Waals surface area contributed by atoms with E-state index >= 15 is 0 Å². The van der Waals surface area contributed by atoms with Gasteiger partial charge in [0, 0.05) is 12.6 Å². The predicted octanol–water partition coefficient (Wildman–Crippen LogP) is 1.33. The molecule has 1 aromatic carbocycles. The summed E-state index contributed by atoms with van der Waals surface area (Å²) >= 11 is 0. The zero-order valence-corrected chi connectivity index (χ0v) is 14.5. The van der Waals surface area contributed by atoms with Crippen molar-refractivity contribution in [3.05, 3.63) is 54.2 Å². The summed E-state index contributed by atoms with van der Waals surface area (Å²) in [4.78, 5) is 23.5. The number of hydrogen-bond acceptors (Lipinski definition) is 5. The molecule has 2 amide bonds. The molecule has 1 fully saturated rings. The van der Waals surface area contributed by atoms with Crippen LogP contribution >= 0.6 is 0 Å². The summed E-state index contributed by atoms with van der Waals surface area (Å²) in [6.45, 7) is -0.357. The van der Waals surface area contributed by atoms with Gasteiger partial charge in [-0.1, -0.05) is 0 Å². The van der Waals surface area contributed by atoms with Gasteiger partial charge in [0.05, 0.1) is 11.2 Å². The van der Waals surface area contributed by atoms with E-state index in [1.54, 1.807) is 0 Å². The molecule has 26 heavy (non-hydrogen) atoms. The summed E-state index contributed by atoms with van der Waals surface area (Å²) in [5.41, 5.74) is 0. The first kappa shape index (κ1) is 18.1. The average molecular weight is 380 g/mol. The number of nitrogens with one attached hydrogen (secondary N) is 2. The van der Waals surface area contributed by atoms with E-state index in [0.717, 1.165) is 37.1 Å². The van der Waals surface area contributed by atoms with Crippen molar-refractivity contribution in [3.8, 4) is 0 Å². The second kappa shape index (κ2) is 7.28. The normalized spacial score (nSPS) is 15.3. The fraction of sp³-hybridized carbons (Fsp3) is 0.294. The summed E-state index contributed by atoms with van der Waals surface area (Å²) in [6.07, 6.45) is 2.96. The molecule has 1 aliphatic carbocycles. The first-order valence-corrected chi connectivity index (χ1v) is 9.54. The van der Waals surface area contributed by atoms with E-state index in [1.807, 2.05) is 0 Å². The van der Waals surface area contributed by atoms with Crippen molar-refractivity contribution in [2.24, 2.45) is 0 Å². The molecule has 1 unspecified atom stereocenters. The Morgan fingerprint density at radius 3 is 2.42 bits per heavy atom. The molecule has 1 aliphatic rings. The number of halogens is 1. The molecule has 2 N–H and O–H groups in total. The van der Waals surface area contributed by atoms with E-state index in [1.165, 1.54) is 18.4 Å². The SMILES string of the molecule is O=C(NCC(c1ccco1)S(=O)(=O)c1ccc(F)cc1)C(=O)NC1CC1. The quantitative estimate of drug-likeness (QED) is 0.581. The molecule has 3 rings (SSSR count). The van der Waals surface area contributed by atoms with Crippen LogP contribution < -0.4 is 10.6 Å². The van der Waals surface area contributed by atoms with E-state index in [-0.39, 0.29) is 23.2 Å². The highest BCUT2D eigenvalue weighted by molar-refractivity contribution is 7.91. The van der Waals surface area contributed by atoms with E-state index in [0.29, 0.717) is 0 Å². The van der Waals surface area contributed by atoms with Gasteiger partial charge in [0.15, 0.2) is 9.84 Å². The van der Waals surface area contributed by atoms with Crippen LogP contribution in [0.3, 0.4) is 0 Å². The lowest BCUT2D eigenvalue weighted by Crippen LogP contribution is -2.43. The third kappa shape index (κ3) is 4.10. The summed E-state index contributed by atoms with van der Waals surface area (Å²) in [5, 5.41) is 3.60. The van der Waals surface area contributed by atoms with Crippen LogP contribution in [0.25, 0.3) is 0 Å². The summed E-state index contributed by atoms with van der Waals surface area (Å²) < 4.78 is 44.0. The number of carbonyl (C=O) groups excluding carboxylic acids is 2. The highest BCUT2D eigenvalue weighted by Crippen LogP contribution is 2.29. The smallest absolute Gasteiger partial charge is 0.309 e. The number of carbonyl (C=O) groups is 2. The number of amides is 2. The fourth-order valence-electron chi connectivity index (χ4n) is 2.37. The van der Waals surface area contributed by atoms with Gasteiger partial charge in [0.25, 0.3) is 0 Å².